The molecule has 0 aromatic heterocycles. The Labute approximate surface area is 161 Å². The van der Waals surface area contributed by atoms with Gasteiger partial charge in [-0.2, -0.15) is 5.26 Å². The minimum atomic E-state index is -4.02. The molecule has 10 heteroatoms. The molecule has 0 spiro atoms. The molecule has 0 radical (unpaired) electrons. The number of rotatable bonds is 3. The molecule has 2 aromatic rings. The average Bonchev–Trinajstić information content (AvgIpc) is 2.67. The standard InChI is InChI=1S/C18H17FN4O4S/c19-15-9-12(11-20)1-3-16(15)22-5-7-23(8-6-22)18(25)14-10-13(28(21,26)27)2-4-17(14)24/h1-4,9-10,24H,5-8H2,(H2,21,26,27). The van der Waals surface area contributed by atoms with Crippen molar-refractivity contribution < 1.29 is 22.7 Å². The Morgan fingerprint density at radius 1 is 1.14 bits per heavy atom. The number of anilines is 1. The van der Waals surface area contributed by atoms with Crippen LogP contribution < -0.4 is 10.0 Å². The summed E-state index contributed by atoms with van der Waals surface area (Å²) < 4.78 is 37.1. The highest BCUT2D eigenvalue weighted by Crippen LogP contribution is 2.25. The van der Waals surface area contributed by atoms with Gasteiger partial charge < -0.3 is 14.9 Å². The molecule has 1 fully saturated rings. The number of aromatic hydroxyl groups is 1. The third kappa shape index (κ3) is 3.90. The first-order valence-electron chi connectivity index (χ1n) is 8.30. The summed E-state index contributed by atoms with van der Waals surface area (Å²) in [4.78, 5) is 15.6. The number of nitriles is 1. The first-order valence-corrected chi connectivity index (χ1v) is 9.85. The van der Waals surface area contributed by atoms with E-state index in [2.05, 4.69) is 0 Å². The lowest BCUT2D eigenvalue weighted by molar-refractivity contribution is 0.0743. The number of halogens is 1. The number of phenols is 1. The zero-order chi connectivity index (χ0) is 20.5. The second-order valence-corrected chi connectivity index (χ2v) is 7.84. The highest BCUT2D eigenvalue weighted by atomic mass is 32.2. The predicted octanol–water partition coefficient (Wildman–Crippen LogP) is 1.01. The molecule has 1 saturated heterocycles. The summed E-state index contributed by atoms with van der Waals surface area (Å²) in [5.41, 5.74) is 0.398. The number of piperazine rings is 1. The second-order valence-electron chi connectivity index (χ2n) is 6.28. The summed E-state index contributed by atoms with van der Waals surface area (Å²) in [7, 11) is -4.02. The van der Waals surface area contributed by atoms with E-state index in [4.69, 9.17) is 10.4 Å². The van der Waals surface area contributed by atoms with Crippen molar-refractivity contribution in [2.24, 2.45) is 5.14 Å². The molecule has 0 saturated carbocycles. The Morgan fingerprint density at radius 2 is 1.82 bits per heavy atom. The normalized spacial score (nSPS) is 14.6. The summed E-state index contributed by atoms with van der Waals surface area (Å²) >= 11 is 0. The van der Waals surface area contributed by atoms with Crippen LogP contribution in [0.5, 0.6) is 5.75 Å². The van der Waals surface area contributed by atoms with E-state index in [9.17, 15) is 22.7 Å². The van der Waals surface area contributed by atoms with E-state index in [-0.39, 0.29) is 34.9 Å². The van der Waals surface area contributed by atoms with Crippen LogP contribution >= 0.6 is 0 Å². The number of hydrogen-bond donors (Lipinski definition) is 2. The highest BCUT2D eigenvalue weighted by molar-refractivity contribution is 7.89. The van der Waals surface area contributed by atoms with Crippen LogP contribution in [-0.2, 0) is 10.0 Å². The molecule has 2 aromatic carbocycles. The van der Waals surface area contributed by atoms with Crippen LogP contribution in [0.3, 0.4) is 0 Å². The number of carbonyl (C=O) groups is 1. The largest absolute Gasteiger partial charge is 0.507 e. The van der Waals surface area contributed by atoms with Gasteiger partial charge in [0.15, 0.2) is 0 Å². The predicted molar refractivity (Wildman–Crippen MR) is 98.7 cm³/mol. The maximum Gasteiger partial charge on any atom is 0.257 e. The van der Waals surface area contributed by atoms with Gasteiger partial charge in [-0.3, -0.25) is 4.79 Å². The minimum Gasteiger partial charge on any atom is -0.507 e. The number of nitrogens with two attached hydrogens (primary N) is 1. The number of hydrogen-bond acceptors (Lipinski definition) is 6. The number of phenolic OH excluding ortho intramolecular Hbond substituents is 1. The van der Waals surface area contributed by atoms with E-state index < -0.39 is 21.7 Å². The quantitative estimate of drug-likeness (QED) is 0.786. The highest BCUT2D eigenvalue weighted by Gasteiger charge is 2.26. The van der Waals surface area contributed by atoms with Crippen LogP contribution in [0, 0.1) is 17.1 Å². The molecule has 1 amide bonds. The molecular weight excluding hydrogens is 387 g/mol. The molecular formula is C18H17FN4O4S. The van der Waals surface area contributed by atoms with Gasteiger partial charge in [-0.05, 0) is 36.4 Å². The van der Waals surface area contributed by atoms with Crippen LogP contribution in [0.25, 0.3) is 0 Å². The number of carbonyl (C=O) groups excluding carboxylic acids is 1. The van der Waals surface area contributed by atoms with Crippen LogP contribution in [0.2, 0.25) is 0 Å². The first kappa shape index (κ1) is 19.6. The van der Waals surface area contributed by atoms with E-state index >= 15 is 0 Å². The van der Waals surface area contributed by atoms with E-state index in [1.165, 1.54) is 17.0 Å². The average molecular weight is 404 g/mol. The van der Waals surface area contributed by atoms with Gasteiger partial charge in [0.05, 0.1) is 27.8 Å². The molecule has 1 aliphatic heterocycles. The third-order valence-electron chi connectivity index (χ3n) is 4.51. The van der Waals surface area contributed by atoms with Gasteiger partial charge >= 0.3 is 0 Å². The van der Waals surface area contributed by atoms with Crippen LogP contribution in [0.15, 0.2) is 41.3 Å². The topological polar surface area (TPSA) is 128 Å². The summed E-state index contributed by atoms with van der Waals surface area (Å²) in [6.07, 6.45) is 0. The number of primary sulfonamides is 1. The number of sulfonamides is 1. The summed E-state index contributed by atoms with van der Waals surface area (Å²) in [5.74, 6) is -1.40. The first-order chi connectivity index (χ1) is 13.2. The van der Waals surface area contributed by atoms with Crippen LogP contribution in [0.1, 0.15) is 15.9 Å². The zero-order valence-electron chi connectivity index (χ0n) is 14.7. The molecule has 3 N–H and O–H groups in total. The Hall–Kier alpha value is -3.16. The van der Waals surface area contributed by atoms with Gasteiger partial charge in [-0.25, -0.2) is 17.9 Å². The number of amides is 1. The molecule has 1 heterocycles. The molecule has 0 unspecified atom stereocenters. The van der Waals surface area contributed by atoms with Gasteiger partial charge in [0.1, 0.15) is 11.6 Å². The van der Waals surface area contributed by atoms with E-state index in [0.717, 1.165) is 24.3 Å². The zero-order valence-corrected chi connectivity index (χ0v) is 15.5. The van der Waals surface area contributed by atoms with Crippen LogP contribution in [-0.4, -0.2) is 50.5 Å². The molecule has 0 aliphatic carbocycles. The van der Waals surface area contributed by atoms with Crippen molar-refractivity contribution in [2.45, 2.75) is 4.90 Å². The Kier molecular flexibility index (Phi) is 5.22. The van der Waals surface area contributed by atoms with Gasteiger partial charge in [-0.15, -0.1) is 0 Å². The SMILES string of the molecule is N#Cc1ccc(N2CCN(C(=O)c3cc(S(N)(=O)=O)ccc3O)CC2)c(F)c1. The molecule has 1 aliphatic rings. The number of nitrogens with zero attached hydrogens (tertiary/aromatic N) is 3. The fourth-order valence-corrected chi connectivity index (χ4v) is 3.56. The fraction of sp³-hybridized carbons (Fsp3) is 0.222. The van der Waals surface area contributed by atoms with Crippen molar-refractivity contribution in [3.8, 4) is 11.8 Å². The van der Waals surface area contributed by atoms with Crippen molar-refractivity contribution >= 4 is 21.6 Å². The van der Waals surface area contributed by atoms with Crippen molar-refractivity contribution in [3.05, 3.63) is 53.3 Å². The van der Waals surface area contributed by atoms with E-state index in [1.54, 1.807) is 4.90 Å². The maximum atomic E-state index is 14.2. The summed E-state index contributed by atoms with van der Waals surface area (Å²) in [6, 6.07) is 9.34. The van der Waals surface area contributed by atoms with Gasteiger partial charge in [0.2, 0.25) is 10.0 Å². The lowest BCUT2D eigenvalue weighted by atomic mass is 10.1. The van der Waals surface area contributed by atoms with Gasteiger partial charge in [0, 0.05) is 26.2 Å². The fourth-order valence-electron chi connectivity index (χ4n) is 3.02. The lowest BCUT2D eigenvalue weighted by Crippen LogP contribution is -2.49. The van der Waals surface area contributed by atoms with Crippen molar-refractivity contribution in [2.75, 3.05) is 31.1 Å². The Balaban J connectivity index is 1.75. The minimum absolute atomic E-state index is 0.162. The molecule has 3 rings (SSSR count). The summed E-state index contributed by atoms with van der Waals surface area (Å²) in [5, 5.41) is 23.8. The smallest absolute Gasteiger partial charge is 0.257 e. The number of benzene rings is 2. The van der Waals surface area contributed by atoms with Crippen molar-refractivity contribution in [1.29, 1.82) is 5.26 Å². The Bertz CT molecular complexity index is 1070. The van der Waals surface area contributed by atoms with Crippen LogP contribution in [0.4, 0.5) is 10.1 Å². The maximum absolute atomic E-state index is 14.2. The molecule has 8 nitrogen and oxygen atoms in total. The van der Waals surface area contributed by atoms with Crippen molar-refractivity contribution in [3.63, 3.8) is 0 Å². The monoisotopic (exact) mass is 404 g/mol. The summed E-state index contributed by atoms with van der Waals surface area (Å²) in [6.45, 7) is 1.17. The molecule has 0 atom stereocenters. The molecule has 28 heavy (non-hydrogen) atoms. The van der Waals surface area contributed by atoms with Gasteiger partial charge in [0.25, 0.3) is 5.91 Å². The lowest BCUT2D eigenvalue weighted by Gasteiger charge is -2.36. The third-order valence-corrected chi connectivity index (χ3v) is 5.42. The van der Waals surface area contributed by atoms with Crippen molar-refractivity contribution in [1.82, 2.24) is 4.90 Å². The van der Waals surface area contributed by atoms with Gasteiger partial charge in [-0.1, -0.05) is 0 Å². The van der Waals surface area contributed by atoms with E-state index in [0.29, 0.717) is 18.8 Å². The molecule has 146 valence electrons. The molecule has 0 bridgehead atoms. The Morgan fingerprint density at radius 3 is 2.39 bits per heavy atom. The second kappa shape index (κ2) is 7.46. The van der Waals surface area contributed by atoms with E-state index in [1.807, 2.05) is 6.07 Å².